The molecule has 2 aromatic carbocycles. The van der Waals surface area contributed by atoms with Crippen LogP contribution < -0.4 is 9.64 Å². The molecule has 1 saturated heterocycles. The van der Waals surface area contributed by atoms with Crippen LogP contribution in [0.15, 0.2) is 54.6 Å². The second-order valence-electron chi connectivity index (χ2n) is 8.55. The molecule has 7 nitrogen and oxygen atoms in total. The standard InChI is InChI=1S/C24H32N6O/c1-19(2)17-23(24-25-26-27-30(24)18-20-7-5-4-6-8-20)29-15-13-28(14-16-29)21-9-11-22(31-3)12-10-21/h4-12,19,23H,13-18H2,1-3H3/t23-/m1/s1. The summed E-state index contributed by atoms with van der Waals surface area (Å²) >= 11 is 0. The predicted molar refractivity (Wildman–Crippen MR) is 122 cm³/mol. The Balaban J connectivity index is 1.47. The summed E-state index contributed by atoms with van der Waals surface area (Å²) in [4.78, 5) is 4.99. The summed E-state index contributed by atoms with van der Waals surface area (Å²) in [5.41, 5.74) is 2.46. The molecule has 0 radical (unpaired) electrons. The zero-order valence-electron chi connectivity index (χ0n) is 18.7. The maximum Gasteiger partial charge on any atom is 0.168 e. The minimum atomic E-state index is 0.219. The van der Waals surface area contributed by atoms with Gasteiger partial charge in [-0.3, -0.25) is 4.90 Å². The summed E-state index contributed by atoms with van der Waals surface area (Å²) in [6, 6.07) is 19.0. The van der Waals surface area contributed by atoms with Crippen LogP contribution in [0.5, 0.6) is 5.75 Å². The van der Waals surface area contributed by atoms with Gasteiger partial charge in [0.15, 0.2) is 5.82 Å². The fourth-order valence-electron chi connectivity index (χ4n) is 4.27. The van der Waals surface area contributed by atoms with Gasteiger partial charge in [-0.25, -0.2) is 4.68 Å². The van der Waals surface area contributed by atoms with Crippen molar-refractivity contribution < 1.29 is 4.74 Å². The highest BCUT2D eigenvalue weighted by Gasteiger charge is 2.30. The van der Waals surface area contributed by atoms with E-state index in [-0.39, 0.29) is 6.04 Å². The zero-order valence-corrected chi connectivity index (χ0v) is 18.7. The summed E-state index contributed by atoms with van der Waals surface area (Å²) in [5.74, 6) is 2.42. The maximum absolute atomic E-state index is 5.29. The van der Waals surface area contributed by atoms with Crippen LogP contribution in [0.3, 0.4) is 0 Å². The topological polar surface area (TPSA) is 59.3 Å². The smallest absolute Gasteiger partial charge is 0.168 e. The van der Waals surface area contributed by atoms with Gasteiger partial charge >= 0.3 is 0 Å². The van der Waals surface area contributed by atoms with Crippen LogP contribution in [-0.2, 0) is 6.54 Å². The number of piperazine rings is 1. The third-order valence-corrected chi connectivity index (χ3v) is 5.92. The Kier molecular flexibility index (Phi) is 6.82. The van der Waals surface area contributed by atoms with E-state index in [9.17, 15) is 0 Å². The number of nitrogens with zero attached hydrogens (tertiary/aromatic N) is 6. The van der Waals surface area contributed by atoms with E-state index in [1.54, 1.807) is 7.11 Å². The van der Waals surface area contributed by atoms with Crippen molar-refractivity contribution in [2.45, 2.75) is 32.9 Å². The molecular weight excluding hydrogens is 388 g/mol. The van der Waals surface area contributed by atoms with Crippen LogP contribution in [0.25, 0.3) is 0 Å². The van der Waals surface area contributed by atoms with Crippen LogP contribution in [0.4, 0.5) is 5.69 Å². The highest BCUT2D eigenvalue weighted by molar-refractivity contribution is 5.49. The number of methoxy groups -OCH3 is 1. The molecule has 3 aromatic rings. The van der Waals surface area contributed by atoms with Gasteiger partial charge in [0.05, 0.1) is 19.7 Å². The maximum atomic E-state index is 5.29. The highest BCUT2D eigenvalue weighted by Crippen LogP contribution is 2.29. The Hall–Kier alpha value is -2.93. The average molecular weight is 421 g/mol. The minimum Gasteiger partial charge on any atom is -0.497 e. The van der Waals surface area contributed by atoms with E-state index in [0.717, 1.165) is 44.2 Å². The van der Waals surface area contributed by atoms with Gasteiger partial charge in [0.1, 0.15) is 5.75 Å². The molecule has 0 saturated carbocycles. The quantitative estimate of drug-likeness (QED) is 0.555. The van der Waals surface area contributed by atoms with Crippen molar-refractivity contribution in [3.05, 3.63) is 66.0 Å². The van der Waals surface area contributed by atoms with E-state index in [1.807, 2.05) is 22.9 Å². The van der Waals surface area contributed by atoms with Crippen LogP contribution in [0, 0.1) is 5.92 Å². The Labute approximate surface area is 184 Å². The molecule has 0 unspecified atom stereocenters. The fraction of sp³-hybridized carbons (Fsp3) is 0.458. The van der Waals surface area contributed by atoms with Gasteiger partial charge in [-0.15, -0.1) is 5.10 Å². The molecule has 164 valence electrons. The van der Waals surface area contributed by atoms with Crippen molar-refractivity contribution in [3.8, 4) is 5.75 Å². The van der Waals surface area contributed by atoms with E-state index in [2.05, 4.69) is 75.6 Å². The highest BCUT2D eigenvalue weighted by atomic mass is 16.5. The third-order valence-electron chi connectivity index (χ3n) is 5.92. The molecule has 31 heavy (non-hydrogen) atoms. The lowest BCUT2D eigenvalue weighted by atomic mass is 10.0. The molecule has 7 heteroatoms. The molecule has 1 fully saturated rings. The van der Waals surface area contributed by atoms with E-state index in [4.69, 9.17) is 4.74 Å². The van der Waals surface area contributed by atoms with E-state index >= 15 is 0 Å². The van der Waals surface area contributed by atoms with Crippen LogP contribution in [0.2, 0.25) is 0 Å². The minimum absolute atomic E-state index is 0.219. The van der Waals surface area contributed by atoms with Crippen molar-refractivity contribution in [1.29, 1.82) is 0 Å². The van der Waals surface area contributed by atoms with Crippen LogP contribution >= 0.6 is 0 Å². The van der Waals surface area contributed by atoms with Crippen molar-refractivity contribution >= 4 is 5.69 Å². The van der Waals surface area contributed by atoms with Gasteiger partial charge in [0, 0.05) is 31.9 Å². The SMILES string of the molecule is COc1ccc(N2CCN([C@H](CC(C)C)c3nnnn3Cc3ccccc3)CC2)cc1. The normalized spacial score (nSPS) is 15.9. The largest absolute Gasteiger partial charge is 0.497 e. The Morgan fingerprint density at radius 2 is 1.65 bits per heavy atom. The van der Waals surface area contributed by atoms with Gasteiger partial charge in [0.2, 0.25) is 0 Å². The third kappa shape index (κ3) is 5.22. The number of tetrazole rings is 1. The molecule has 2 heterocycles. The van der Waals surface area contributed by atoms with Crippen molar-refractivity contribution in [3.63, 3.8) is 0 Å². The van der Waals surface area contributed by atoms with Gasteiger partial charge in [-0.05, 0) is 52.6 Å². The lowest BCUT2D eigenvalue weighted by Gasteiger charge is -2.40. The molecule has 4 rings (SSSR count). The summed E-state index contributed by atoms with van der Waals surface area (Å²) in [7, 11) is 1.70. The molecule has 0 spiro atoms. The number of rotatable bonds is 8. The first-order valence-electron chi connectivity index (χ1n) is 11.1. The van der Waals surface area contributed by atoms with Gasteiger partial charge in [0.25, 0.3) is 0 Å². The Morgan fingerprint density at radius 1 is 0.935 bits per heavy atom. The predicted octanol–water partition coefficient (Wildman–Crippen LogP) is 3.64. The Bertz CT molecular complexity index is 932. The number of aromatic nitrogens is 4. The van der Waals surface area contributed by atoms with Gasteiger partial charge in [-0.1, -0.05) is 44.2 Å². The van der Waals surface area contributed by atoms with E-state index < -0.39 is 0 Å². The number of ether oxygens (including phenoxy) is 1. The molecule has 0 N–H and O–H groups in total. The molecule has 1 atom stereocenters. The number of anilines is 1. The van der Waals surface area contributed by atoms with E-state index in [0.29, 0.717) is 12.5 Å². The second kappa shape index (κ2) is 9.92. The monoisotopic (exact) mass is 420 g/mol. The average Bonchev–Trinajstić information content (AvgIpc) is 3.26. The molecule has 1 aliphatic heterocycles. The number of hydrogen-bond donors (Lipinski definition) is 0. The molecule has 0 bridgehead atoms. The lowest BCUT2D eigenvalue weighted by molar-refractivity contribution is 0.153. The number of benzene rings is 2. The molecule has 1 aliphatic rings. The van der Waals surface area contributed by atoms with Crippen LogP contribution in [-0.4, -0.2) is 58.4 Å². The van der Waals surface area contributed by atoms with Crippen molar-refractivity contribution in [2.24, 2.45) is 5.92 Å². The summed E-state index contributed by atoms with van der Waals surface area (Å²) in [5, 5.41) is 12.8. The lowest BCUT2D eigenvalue weighted by Crippen LogP contribution is -2.48. The summed E-state index contributed by atoms with van der Waals surface area (Å²) in [6.07, 6.45) is 1.04. The molecular formula is C24H32N6O. The second-order valence-corrected chi connectivity index (χ2v) is 8.55. The molecule has 0 aliphatic carbocycles. The Morgan fingerprint density at radius 3 is 2.29 bits per heavy atom. The first kappa shape index (κ1) is 21.3. The first-order chi connectivity index (χ1) is 15.1. The summed E-state index contributed by atoms with van der Waals surface area (Å²) < 4.78 is 7.26. The molecule has 1 aromatic heterocycles. The van der Waals surface area contributed by atoms with Crippen molar-refractivity contribution in [1.82, 2.24) is 25.1 Å². The molecule has 0 amide bonds. The fourth-order valence-corrected chi connectivity index (χ4v) is 4.27. The van der Waals surface area contributed by atoms with Crippen molar-refractivity contribution in [2.75, 3.05) is 38.2 Å². The van der Waals surface area contributed by atoms with E-state index in [1.165, 1.54) is 11.3 Å². The zero-order chi connectivity index (χ0) is 21.6. The number of hydrogen-bond acceptors (Lipinski definition) is 6. The van der Waals surface area contributed by atoms with Crippen LogP contribution in [0.1, 0.15) is 37.7 Å². The summed E-state index contributed by atoms with van der Waals surface area (Å²) in [6.45, 7) is 9.19. The van der Waals surface area contributed by atoms with Gasteiger partial charge < -0.3 is 9.64 Å². The first-order valence-corrected chi connectivity index (χ1v) is 11.1. The van der Waals surface area contributed by atoms with Gasteiger partial charge in [-0.2, -0.15) is 0 Å².